The number of aromatic nitrogens is 3. The van der Waals surface area contributed by atoms with Crippen LogP contribution in [0.3, 0.4) is 0 Å². The predicted molar refractivity (Wildman–Crippen MR) is 144 cm³/mol. The van der Waals surface area contributed by atoms with E-state index in [1.54, 1.807) is 11.3 Å². The number of hydrogen-bond donors (Lipinski definition) is 2. The molecule has 9 heteroatoms. The van der Waals surface area contributed by atoms with Crippen molar-refractivity contribution in [2.24, 2.45) is 0 Å². The van der Waals surface area contributed by atoms with Crippen molar-refractivity contribution in [2.45, 2.75) is 59.3 Å². The third-order valence-electron chi connectivity index (χ3n) is 6.23. The maximum atomic E-state index is 12.5. The topological polar surface area (TPSA) is 91.3 Å². The van der Waals surface area contributed by atoms with Crippen LogP contribution in [-0.4, -0.2) is 38.2 Å². The Balaban J connectivity index is 1.69. The van der Waals surface area contributed by atoms with Crippen LogP contribution in [0.4, 0.5) is 5.13 Å². The van der Waals surface area contributed by atoms with Gasteiger partial charge in [-0.2, -0.15) is 0 Å². The lowest BCUT2D eigenvalue weighted by atomic mass is 9.91. The largest absolute Gasteiger partial charge is 0.479 e. The van der Waals surface area contributed by atoms with Gasteiger partial charge in [-0.05, 0) is 63.9 Å². The van der Waals surface area contributed by atoms with Gasteiger partial charge in [0.25, 0.3) is 0 Å². The summed E-state index contributed by atoms with van der Waals surface area (Å²) in [5.41, 5.74) is 5.62. The Labute approximate surface area is 219 Å². The van der Waals surface area contributed by atoms with Gasteiger partial charge in [0.15, 0.2) is 11.2 Å². The first-order chi connectivity index (χ1) is 17.0. The highest BCUT2D eigenvalue weighted by Gasteiger charge is 2.33. The van der Waals surface area contributed by atoms with Crippen LogP contribution in [0.2, 0.25) is 5.02 Å². The second-order valence-corrected chi connectivity index (χ2v) is 11.6. The number of aromatic amines is 1. The van der Waals surface area contributed by atoms with Crippen LogP contribution in [0.1, 0.15) is 55.2 Å². The monoisotopic (exact) mass is 524 g/mol. The van der Waals surface area contributed by atoms with Gasteiger partial charge in [0.1, 0.15) is 5.82 Å². The summed E-state index contributed by atoms with van der Waals surface area (Å²) in [7, 11) is 0. The molecule has 1 aliphatic heterocycles. The summed E-state index contributed by atoms with van der Waals surface area (Å²) in [4.78, 5) is 27.7. The molecular weight excluding hydrogens is 496 g/mol. The third-order valence-corrected chi connectivity index (χ3v) is 7.63. The number of benzene rings is 2. The van der Waals surface area contributed by atoms with Crippen molar-refractivity contribution in [1.82, 2.24) is 15.0 Å². The molecule has 1 atom stereocenters. The van der Waals surface area contributed by atoms with E-state index in [9.17, 15) is 9.90 Å². The fourth-order valence-electron chi connectivity index (χ4n) is 4.76. The summed E-state index contributed by atoms with van der Waals surface area (Å²) < 4.78 is 7.04. The molecule has 0 radical (unpaired) electrons. The lowest BCUT2D eigenvalue weighted by molar-refractivity contribution is -0.160. The van der Waals surface area contributed by atoms with Gasteiger partial charge in [-0.25, -0.2) is 14.8 Å². The van der Waals surface area contributed by atoms with Gasteiger partial charge in [-0.15, -0.1) is 0 Å². The number of hydrogen-bond acceptors (Lipinski definition) is 6. The molecule has 0 fully saturated rings. The highest BCUT2D eigenvalue weighted by Crippen LogP contribution is 2.44. The molecule has 0 spiro atoms. The van der Waals surface area contributed by atoms with Gasteiger partial charge in [0.2, 0.25) is 0 Å². The van der Waals surface area contributed by atoms with E-state index in [2.05, 4.69) is 14.9 Å². The first-order valence-corrected chi connectivity index (χ1v) is 13.1. The zero-order valence-corrected chi connectivity index (χ0v) is 22.5. The van der Waals surface area contributed by atoms with Gasteiger partial charge in [0.05, 0.1) is 33.8 Å². The summed E-state index contributed by atoms with van der Waals surface area (Å²) in [6.45, 7) is 11.0. The molecule has 5 rings (SSSR count). The quantitative estimate of drug-likeness (QED) is 0.311. The summed E-state index contributed by atoms with van der Waals surface area (Å²) in [6, 6.07) is 9.47. The highest BCUT2D eigenvalue weighted by atomic mass is 35.5. The molecule has 0 saturated carbocycles. The van der Waals surface area contributed by atoms with Crippen molar-refractivity contribution in [3.05, 3.63) is 63.7 Å². The number of carboxylic acids is 1. The van der Waals surface area contributed by atoms with E-state index in [0.717, 1.165) is 62.2 Å². The van der Waals surface area contributed by atoms with Gasteiger partial charge in [0, 0.05) is 29.1 Å². The molecule has 2 aromatic carbocycles. The number of carboxylic acid groups (broad SMARTS) is 1. The summed E-state index contributed by atoms with van der Waals surface area (Å²) in [5.74, 6) is -0.0968. The van der Waals surface area contributed by atoms with E-state index in [0.29, 0.717) is 17.1 Å². The number of nitrogens with one attached hydrogen (secondary N) is 1. The van der Waals surface area contributed by atoms with Crippen molar-refractivity contribution in [3.8, 4) is 11.1 Å². The van der Waals surface area contributed by atoms with Crippen LogP contribution >= 0.6 is 22.9 Å². The van der Waals surface area contributed by atoms with Gasteiger partial charge in [-0.3, -0.25) is 0 Å². The molecule has 2 N–H and O–H groups in total. The van der Waals surface area contributed by atoms with Crippen molar-refractivity contribution < 1.29 is 14.6 Å². The molecule has 3 heterocycles. The molecule has 0 aliphatic carbocycles. The van der Waals surface area contributed by atoms with Crippen molar-refractivity contribution in [3.63, 3.8) is 0 Å². The minimum atomic E-state index is -1.13. The van der Waals surface area contributed by atoms with Crippen molar-refractivity contribution >= 4 is 44.3 Å². The molecule has 1 aliphatic rings. The molecular formula is C27H29ClN4O3S. The highest BCUT2D eigenvalue weighted by molar-refractivity contribution is 7.22. The molecule has 2 aromatic heterocycles. The number of rotatable bonds is 5. The van der Waals surface area contributed by atoms with Crippen LogP contribution < -0.4 is 4.90 Å². The maximum absolute atomic E-state index is 12.5. The van der Waals surface area contributed by atoms with E-state index >= 15 is 0 Å². The average Bonchev–Trinajstić information content (AvgIpc) is 3.38. The number of halogens is 1. The number of imidazole rings is 1. The van der Waals surface area contributed by atoms with E-state index in [-0.39, 0.29) is 0 Å². The lowest BCUT2D eigenvalue weighted by Gasteiger charge is -2.28. The van der Waals surface area contributed by atoms with E-state index < -0.39 is 17.7 Å². The number of aryl methyl sites for hydroxylation is 2. The summed E-state index contributed by atoms with van der Waals surface area (Å²) >= 11 is 7.77. The number of anilines is 1. The Bertz CT molecular complexity index is 1450. The first-order valence-electron chi connectivity index (χ1n) is 11.9. The van der Waals surface area contributed by atoms with Crippen LogP contribution in [0.15, 0.2) is 30.3 Å². The number of nitrogens with zero attached hydrogens (tertiary/aromatic N) is 3. The number of fused-ring (bicyclic) bond motifs is 2. The maximum Gasteiger partial charge on any atom is 0.337 e. The fraction of sp³-hybridized carbons (Fsp3) is 0.370. The lowest BCUT2D eigenvalue weighted by Crippen LogP contribution is -2.30. The fourth-order valence-corrected chi connectivity index (χ4v) is 6.04. The second kappa shape index (κ2) is 9.18. The van der Waals surface area contributed by atoms with Crippen LogP contribution in [0, 0.1) is 13.8 Å². The number of ether oxygens (including phenoxy) is 1. The Kier molecular flexibility index (Phi) is 6.31. The SMILES string of the molecule is Cc1nc2c([nH]1)CN(c1nc3cc(C)c(C(OC(C)(C)C)C(=O)O)c(-c4ccc(Cl)cc4)c3s1)CC2. The molecule has 7 nitrogen and oxygen atoms in total. The minimum absolute atomic E-state index is 0.619. The second-order valence-electron chi connectivity index (χ2n) is 10.2. The van der Waals surface area contributed by atoms with Crippen LogP contribution in [0.25, 0.3) is 21.3 Å². The van der Waals surface area contributed by atoms with Gasteiger partial charge in [-0.1, -0.05) is 35.1 Å². The molecule has 0 bridgehead atoms. The molecule has 4 aromatic rings. The Morgan fingerprint density at radius 2 is 1.94 bits per heavy atom. The first kappa shape index (κ1) is 24.7. The predicted octanol–water partition coefficient (Wildman–Crippen LogP) is 6.46. The molecule has 36 heavy (non-hydrogen) atoms. The molecule has 0 amide bonds. The minimum Gasteiger partial charge on any atom is -0.479 e. The van der Waals surface area contributed by atoms with Crippen molar-refractivity contribution in [1.29, 1.82) is 0 Å². The number of carbonyl (C=O) groups is 1. The number of aliphatic carboxylic acids is 1. The molecule has 188 valence electrons. The summed E-state index contributed by atoms with van der Waals surface area (Å²) in [6.07, 6.45) is -0.277. The normalized spacial score (nSPS) is 14.8. The van der Waals surface area contributed by atoms with E-state index in [4.69, 9.17) is 21.3 Å². The zero-order chi connectivity index (χ0) is 25.8. The standard InChI is InChI=1S/C27H29ClN4O3S/c1-14-12-19-24(36-26(31-19)32-11-10-18-20(13-32)30-15(2)29-18)22(16-6-8-17(28)9-7-16)21(14)23(25(33)34)35-27(3,4)5/h6-9,12,23H,10-11,13H2,1-5H3,(H,29,30)(H,33,34). The third kappa shape index (κ3) is 4.73. The number of thiazole rings is 1. The smallest absolute Gasteiger partial charge is 0.337 e. The Hall–Kier alpha value is -2.94. The average molecular weight is 525 g/mol. The zero-order valence-electron chi connectivity index (χ0n) is 21.0. The summed E-state index contributed by atoms with van der Waals surface area (Å²) in [5, 5.41) is 11.8. The van der Waals surface area contributed by atoms with E-state index in [1.807, 2.05) is 65.0 Å². The van der Waals surface area contributed by atoms with Gasteiger partial charge < -0.3 is 19.7 Å². The Morgan fingerprint density at radius 3 is 2.61 bits per heavy atom. The van der Waals surface area contributed by atoms with Gasteiger partial charge >= 0.3 is 5.97 Å². The number of H-pyrrole nitrogens is 1. The molecule has 1 unspecified atom stereocenters. The van der Waals surface area contributed by atoms with E-state index in [1.165, 1.54) is 0 Å². The Morgan fingerprint density at radius 1 is 1.22 bits per heavy atom. The van der Waals surface area contributed by atoms with Crippen LogP contribution in [0.5, 0.6) is 0 Å². The van der Waals surface area contributed by atoms with Crippen molar-refractivity contribution in [2.75, 3.05) is 11.4 Å². The molecule has 0 saturated heterocycles. The van der Waals surface area contributed by atoms with Crippen LogP contribution in [-0.2, 0) is 22.5 Å².